The molecule has 0 radical (unpaired) electrons. The molecule has 0 saturated heterocycles. The van der Waals surface area contributed by atoms with Crippen molar-refractivity contribution in [3.05, 3.63) is 53.9 Å². The van der Waals surface area contributed by atoms with Gasteiger partial charge in [-0.3, -0.25) is 14.3 Å². The highest BCUT2D eigenvalue weighted by Crippen LogP contribution is 2.12. The molecule has 2 aromatic rings. The van der Waals surface area contributed by atoms with Crippen molar-refractivity contribution in [1.82, 2.24) is 20.4 Å². The van der Waals surface area contributed by atoms with Crippen LogP contribution in [-0.2, 0) is 22.7 Å². The molecule has 134 valence electrons. The first-order valence-electron chi connectivity index (χ1n) is 8.45. The molecular formula is C19H26N4O2. The van der Waals surface area contributed by atoms with E-state index in [1.54, 1.807) is 6.20 Å². The summed E-state index contributed by atoms with van der Waals surface area (Å²) in [6.07, 6.45) is 3.92. The lowest BCUT2D eigenvalue weighted by Crippen LogP contribution is -2.37. The molecule has 1 aromatic heterocycles. The number of hydrogen-bond donors (Lipinski definition) is 2. The second-order valence-electron chi connectivity index (χ2n) is 7.00. The molecule has 0 aliphatic heterocycles. The van der Waals surface area contributed by atoms with E-state index in [1.165, 1.54) is 0 Å². The van der Waals surface area contributed by atoms with Crippen molar-refractivity contribution in [3.63, 3.8) is 0 Å². The van der Waals surface area contributed by atoms with Gasteiger partial charge in [0.1, 0.15) is 0 Å². The van der Waals surface area contributed by atoms with Crippen molar-refractivity contribution in [3.8, 4) is 0 Å². The SMILES string of the molecule is CC(C)(C)C(=O)NCCC(=O)NCc1ccccc1Cn1cccn1. The first kappa shape index (κ1) is 18.7. The van der Waals surface area contributed by atoms with Gasteiger partial charge in [0.2, 0.25) is 11.8 Å². The Morgan fingerprint density at radius 3 is 2.44 bits per heavy atom. The van der Waals surface area contributed by atoms with Crippen LogP contribution in [0, 0.1) is 5.41 Å². The summed E-state index contributed by atoms with van der Waals surface area (Å²) in [7, 11) is 0. The zero-order valence-electron chi connectivity index (χ0n) is 15.1. The summed E-state index contributed by atoms with van der Waals surface area (Å²) in [4.78, 5) is 23.8. The minimum atomic E-state index is -0.443. The average molecular weight is 342 g/mol. The van der Waals surface area contributed by atoms with Gasteiger partial charge >= 0.3 is 0 Å². The van der Waals surface area contributed by atoms with Crippen LogP contribution in [0.4, 0.5) is 0 Å². The van der Waals surface area contributed by atoms with Gasteiger partial charge in [0.25, 0.3) is 0 Å². The molecule has 0 atom stereocenters. The van der Waals surface area contributed by atoms with Crippen LogP contribution < -0.4 is 10.6 Å². The molecule has 0 saturated carbocycles. The van der Waals surface area contributed by atoms with Gasteiger partial charge in [-0.2, -0.15) is 5.10 Å². The minimum Gasteiger partial charge on any atom is -0.355 e. The fourth-order valence-electron chi connectivity index (χ4n) is 2.29. The highest BCUT2D eigenvalue weighted by atomic mass is 16.2. The molecule has 0 aliphatic carbocycles. The summed E-state index contributed by atoms with van der Waals surface area (Å²) in [5, 5.41) is 9.91. The van der Waals surface area contributed by atoms with Crippen LogP contribution in [0.2, 0.25) is 0 Å². The fourth-order valence-corrected chi connectivity index (χ4v) is 2.29. The van der Waals surface area contributed by atoms with Gasteiger partial charge < -0.3 is 10.6 Å². The van der Waals surface area contributed by atoms with Crippen LogP contribution >= 0.6 is 0 Å². The monoisotopic (exact) mass is 342 g/mol. The van der Waals surface area contributed by atoms with E-state index in [-0.39, 0.29) is 18.2 Å². The topological polar surface area (TPSA) is 76.0 Å². The van der Waals surface area contributed by atoms with E-state index >= 15 is 0 Å². The van der Waals surface area contributed by atoms with E-state index in [0.717, 1.165) is 11.1 Å². The summed E-state index contributed by atoms with van der Waals surface area (Å²) in [5.41, 5.74) is 1.74. The van der Waals surface area contributed by atoms with E-state index in [4.69, 9.17) is 0 Å². The van der Waals surface area contributed by atoms with Gasteiger partial charge in [0, 0.05) is 37.3 Å². The minimum absolute atomic E-state index is 0.0510. The Labute approximate surface area is 148 Å². The van der Waals surface area contributed by atoms with Gasteiger partial charge in [0.15, 0.2) is 0 Å². The van der Waals surface area contributed by atoms with Crippen LogP contribution in [0.25, 0.3) is 0 Å². The standard InChI is InChI=1S/C19H26N4O2/c1-19(2,3)18(25)20-11-9-17(24)21-13-15-7-4-5-8-16(15)14-23-12-6-10-22-23/h4-8,10,12H,9,11,13-14H2,1-3H3,(H,20,25)(H,21,24). The number of carbonyl (C=O) groups is 2. The Balaban J connectivity index is 1.81. The van der Waals surface area contributed by atoms with Crippen LogP contribution in [0.15, 0.2) is 42.7 Å². The lowest BCUT2D eigenvalue weighted by Gasteiger charge is -2.17. The quantitative estimate of drug-likeness (QED) is 0.809. The molecule has 0 spiro atoms. The van der Waals surface area contributed by atoms with Gasteiger partial charge in [-0.05, 0) is 17.2 Å². The molecule has 0 fully saturated rings. The number of rotatable bonds is 7. The number of nitrogens with one attached hydrogen (secondary N) is 2. The third kappa shape index (κ3) is 6.06. The number of aromatic nitrogens is 2. The number of hydrogen-bond acceptors (Lipinski definition) is 3. The molecule has 2 rings (SSSR count). The number of carbonyl (C=O) groups excluding carboxylic acids is 2. The molecule has 0 aliphatic rings. The largest absolute Gasteiger partial charge is 0.355 e. The highest BCUT2D eigenvalue weighted by molar-refractivity contribution is 5.82. The van der Waals surface area contributed by atoms with Gasteiger partial charge in [-0.15, -0.1) is 0 Å². The predicted octanol–water partition coefficient (Wildman–Crippen LogP) is 2.10. The van der Waals surface area contributed by atoms with Gasteiger partial charge in [-0.25, -0.2) is 0 Å². The van der Waals surface area contributed by atoms with Crippen molar-refractivity contribution in [2.24, 2.45) is 5.41 Å². The molecule has 1 heterocycles. The molecule has 25 heavy (non-hydrogen) atoms. The molecule has 2 N–H and O–H groups in total. The van der Waals surface area contributed by atoms with Crippen LogP contribution in [-0.4, -0.2) is 28.1 Å². The molecule has 1 aromatic carbocycles. The van der Waals surface area contributed by atoms with Crippen molar-refractivity contribution >= 4 is 11.8 Å². The van der Waals surface area contributed by atoms with E-state index in [0.29, 0.717) is 19.6 Å². The average Bonchev–Trinajstić information content (AvgIpc) is 3.06. The zero-order chi connectivity index (χ0) is 18.3. The van der Waals surface area contributed by atoms with Crippen molar-refractivity contribution < 1.29 is 9.59 Å². The predicted molar refractivity (Wildman–Crippen MR) is 96.7 cm³/mol. The third-order valence-electron chi connectivity index (χ3n) is 3.80. The van der Waals surface area contributed by atoms with Crippen LogP contribution in [0.5, 0.6) is 0 Å². The van der Waals surface area contributed by atoms with Crippen molar-refractivity contribution in [2.45, 2.75) is 40.3 Å². The van der Waals surface area contributed by atoms with Crippen molar-refractivity contribution in [2.75, 3.05) is 6.54 Å². The molecule has 0 unspecified atom stereocenters. The van der Waals surface area contributed by atoms with Crippen molar-refractivity contribution in [1.29, 1.82) is 0 Å². The molecule has 6 nitrogen and oxygen atoms in total. The van der Waals surface area contributed by atoms with E-state index < -0.39 is 5.41 Å². The van der Waals surface area contributed by atoms with E-state index in [2.05, 4.69) is 15.7 Å². The summed E-state index contributed by atoms with van der Waals surface area (Å²) in [5.74, 6) is -0.132. The Kier molecular flexibility index (Phi) is 6.33. The fraction of sp³-hybridized carbons (Fsp3) is 0.421. The maximum atomic E-state index is 12.0. The van der Waals surface area contributed by atoms with E-state index in [1.807, 2.05) is 62.0 Å². The first-order chi connectivity index (χ1) is 11.9. The zero-order valence-corrected chi connectivity index (χ0v) is 15.1. The Bertz CT molecular complexity index is 702. The summed E-state index contributed by atoms with van der Waals surface area (Å²) in [6.45, 7) is 7.01. The first-order valence-corrected chi connectivity index (χ1v) is 8.45. The summed E-state index contributed by atoms with van der Waals surface area (Å²) < 4.78 is 1.85. The number of benzene rings is 1. The Morgan fingerprint density at radius 2 is 1.80 bits per heavy atom. The molecule has 2 amide bonds. The molecule has 6 heteroatoms. The maximum Gasteiger partial charge on any atom is 0.225 e. The lowest BCUT2D eigenvalue weighted by atomic mass is 9.96. The second kappa shape index (κ2) is 8.46. The normalized spacial score (nSPS) is 11.2. The van der Waals surface area contributed by atoms with Crippen LogP contribution in [0.3, 0.4) is 0 Å². The van der Waals surface area contributed by atoms with E-state index in [9.17, 15) is 9.59 Å². The Morgan fingerprint density at radius 1 is 1.08 bits per heavy atom. The highest BCUT2D eigenvalue weighted by Gasteiger charge is 2.20. The van der Waals surface area contributed by atoms with Gasteiger partial charge in [0.05, 0.1) is 6.54 Å². The Hall–Kier alpha value is -2.63. The number of amides is 2. The summed E-state index contributed by atoms with van der Waals surface area (Å²) in [6, 6.07) is 9.85. The molecular weight excluding hydrogens is 316 g/mol. The lowest BCUT2D eigenvalue weighted by molar-refractivity contribution is -0.128. The summed E-state index contributed by atoms with van der Waals surface area (Å²) >= 11 is 0. The number of nitrogens with zero attached hydrogens (tertiary/aromatic N) is 2. The van der Waals surface area contributed by atoms with Crippen LogP contribution in [0.1, 0.15) is 38.3 Å². The van der Waals surface area contributed by atoms with Gasteiger partial charge in [-0.1, -0.05) is 45.0 Å². The second-order valence-corrected chi connectivity index (χ2v) is 7.00. The third-order valence-corrected chi connectivity index (χ3v) is 3.80. The molecule has 0 bridgehead atoms. The smallest absolute Gasteiger partial charge is 0.225 e. The maximum absolute atomic E-state index is 12.0.